The maximum Gasteiger partial charge on any atom is 0.323 e. The van der Waals surface area contributed by atoms with Gasteiger partial charge in [-0.2, -0.15) is 0 Å². The summed E-state index contributed by atoms with van der Waals surface area (Å²) in [7, 11) is 0. The van der Waals surface area contributed by atoms with Crippen molar-refractivity contribution in [2.24, 2.45) is 0 Å². The summed E-state index contributed by atoms with van der Waals surface area (Å²) in [6.07, 6.45) is -0.629. The Morgan fingerprint density at radius 3 is 2.62 bits per heavy atom. The van der Waals surface area contributed by atoms with Crippen LogP contribution in [0.5, 0.6) is 0 Å². The van der Waals surface area contributed by atoms with Gasteiger partial charge in [-0.25, -0.2) is 9.18 Å². The van der Waals surface area contributed by atoms with Crippen LogP contribution in [-0.4, -0.2) is 11.1 Å². The number of nitrogens with one attached hydrogen (secondary N) is 2. The monoisotopic (exact) mass is 352 g/mol. The molecule has 1 unspecified atom stereocenters. The van der Waals surface area contributed by atoms with Crippen LogP contribution in [0, 0.1) is 5.82 Å². The number of aliphatic hydroxyl groups is 1. The second-order valence-electron chi connectivity index (χ2n) is 4.48. The predicted molar refractivity (Wildman–Crippen MR) is 83.8 cm³/mol. The van der Waals surface area contributed by atoms with Crippen molar-refractivity contribution in [2.75, 3.05) is 10.6 Å². The maximum atomic E-state index is 13.6. The van der Waals surface area contributed by atoms with Gasteiger partial charge in [0, 0.05) is 10.2 Å². The number of aliphatic hydroxyl groups excluding tert-OH is 1. The Balaban J connectivity index is 2.10. The molecule has 2 amide bonds. The third kappa shape index (κ3) is 4.03. The molecule has 6 heteroatoms. The highest BCUT2D eigenvalue weighted by Gasteiger charge is 2.11. The smallest absolute Gasteiger partial charge is 0.323 e. The summed E-state index contributed by atoms with van der Waals surface area (Å²) in [5.74, 6) is -0.530. The Labute approximate surface area is 130 Å². The Kier molecular flexibility index (Phi) is 4.93. The summed E-state index contributed by atoms with van der Waals surface area (Å²) in [5, 5.41) is 14.5. The largest absolute Gasteiger partial charge is 0.389 e. The van der Waals surface area contributed by atoms with Crippen molar-refractivity contribution in [2.45, 2.75) is 13.0 Å². The highest BCUT2D eigenvalue weighted by molar-refractivity contribution is 9.10. The number of para-hydroxylation sites is 1. The fourth-order valence-electron chi connectivity index (χ4n) is 1.77. The van der Waals surface area contributed by atoms with E-state index in [9.17, 15) is 14.3 Å². The molecular weight excluding hydrogens is 339 g/mol. The van der Waals surface area contributed by atoms with Gasteiger partial charge < -0.3 is 15.7 Å². The molecule has 21 heavy (non-hydrogen) atoms. The van der Waals surface area contributed by atoms with Gasteiger partial charge in [0.2, 0.25) is 0 Å². The molecule has 2 rings (SSSR count). The average molecular weight is 353 g/mol. The minimum atomic E-state index is -0.629. The van der Waals surface area contributed by atoms with Gasteiger partial charge >= 0.3 is 6.03 Å². The number of anilines is 2. The van der Waals surface area contributed by atoms with Crippen molar-refractivity contribution < 1.29 is 14.3 Å². The molecule has 0 spiro atoms. The van der Waals surface area contributed by atoms with E-state index in [1.165, 1.54) is 12.1 Å². The van der Waals surface area contributed by atoms with E-state index < -0.39 is 18.0 Å². The van der Waals surface area contributed by atoms with Gasteiger partial charge in [-0.05, 0) is 52.7 Å². The van der Waals surface area contributed by atoms with Crippen molar-refractivity contribution in [1.82, 2.24) is 0 Å². The van der Waals surface area contributed by atoms with Crippen molar-refractivity contribution in [3.8, 4) is 0 Å². The summed E-state index contributed by atoms with van der Waals surface area (Å²) >= 11 is 3.18. The fourth-order valence-corrected chi connectivity index (χ4v) is 2.21. The number of urea groups is 1. The molecule has 0 heterocycles. The Hall–Kier alpha value is -1.92. The number of rotatable bonds is 3. The van der Waals surface area contributed by atoms with E-state index in [2.05, 4.69) is 26.6 Å². The quantitative estimate of drug-likeness (QED) is 0.771. The molecule has 0 radical (unpaired) electrons. The molecule has 0 saturated carbocycles. The second-order valence-corrected chi connectivity index (χ2v) is 5.33. The molecule has 0 aliphatic carbocycles. The summed E-state index contributed by atoms with van der Waals surface area (Å²) in [6.45, 7) is 1.63. The van der Waals surface area contributed by atoms with Crippen LogP contribution in [0.3, 0.4) is 0 Å². The van der Waals surface area contributed by atoms with E-state index in [1.807, 2.05) is 0 Å². The van der Waals surface area contributed by atoms with Gasteiger partial charge in [0.1, 0.15) is 5.82 Å². The number of amides is 2. The van der Waals surface area contributed by atoms with Crippen molar-refractivity contribution in [3.63, 3.8) is 0 Å². The van der Waals surface area contributed by atoms with Crippen molar-refractivity contribution in [1.29, 1.82) is 0 Å². The maximum absolute atomic E-state index is 13.6. The zero-order chi connectivity index (χ0) is 15.4. The average Bonchev–Trinajstić information content (AvgIpc) is 2.43. The van der Waals surface area contributed by atoms with Crippen molar-refractivity contribution in [3.05, 3.63) is 58.3 Å². The normalized spacial score (nSPS) is 11.8. The van der Waals surface area contributed by atoms with E-state index in [1.54, 1.807) is 37.3 Å². The summed E-state index contributed by atoms with van der Waals surface area (Å²) < 4.78 is 14.1. The van der Waals surface area contributed by atoms with Gasteiger partial charge in [-0.1, -0.05) is 18.2 Å². The number of carbonyl (C=O) groups excluding carboxylic acids is 1. The van der Waals surface area contributed by atoms with Gasteiger partial charge in [0.15, 0.2) is 0 Å². The first-order valence-electron chi connectivity index (χ1n) is 6.27. The minimum Gasteiger partial charge on any atom is -0.389 e. The number of halogens is 2. The molecule has 0 aliphatic rings. The number of benzene rings is 2. The van der Waals surface area contributed by atoms with Crippen LogP contribution in [0.25, 0.3) is 0 Å². The second kappa shape index (κ2) is 6.69. The predicted octanol–water partition coefficient (Wildman–Crippen LogP) is 4.29. The van der Waals surface area contributed by atoms with E-state index >= 15 is 0 Å². The van der Waals surface area contributed by atoms with Crippen LogP contribution in [0.1, 0.15) is 18.6 Å². The molecule has 2 aromatic carbocycles. The molecule has 110 valence electrons. The highest BCUT2D eigenvalue weighted by Crippen LogP contribution is 2.25. The SMILES string of the molecule is CC(O)c1cccc(NC(=O)Nc2c(F)cccc2Br)c1. The lowest BCUT2D eigenvalue weighted by molar-refractivity contribution is 0.199. The molecular formula is C15H14BrFN2O2. The Bertz CT molecular complexity index is 642. The molecule has 3 N–H and O–H groups in total. The van der Waals surface area contributed by atoms with E-state index in [-0.39, 0.29) is 5.69 Å². The summed E-state index contributed by atoms with van der Waals surface area (Å²) in [4.78, 5) is 11.9. The number of hydrogen-bond donors (Lipinski definition) is 3. The lowest BCUT2D eigenvalue weighted by Gasteiger charge is -2.11. The summed E-state index contributed by atoms with van der Waals surface area (Å²) in [5.41, 5.74) is 1.26. The molecule has 0 aliphatic heterocycles. The number of hydrogen-bond acceptors (Lipinski definition) is 2. The van der Waals surface area contributed by atoms with Crippen LogP contribution in [0.2, 0.25) is 0 Å². The first kappa shape index (κ1) is 15.5. The molecule has 2 aromatic rings. The molecule has 0 bridgehead atoms. The van der Waals surface area contributed by atoms with Crippen LogP contribution in [-0.2, 0) is 0 Å². The van der Waals surface area contributed by atoms with Crippen LogP contribution in [0.15, 0.2) is 46.9 Å². The van der Waals surface area contributed by atoms with Crippen LogP contribution < -0.4 is 10.6 Å². The van der Waals surface area contributed by atoms with Gasteiger partial charge in [-0.3, -0.25) is 0 Å². The fraction of sp³-hybridized carbons (Fsp3) is 0.133. The zero-order valence-electron chi connectivity index (χ0n) is 11.2. The third-order valence-electron chi connectivity index (χ3n) is 2.83. The first-order valence-corrected chi connectivity index (χ1v) is 7.06. The topological polar surface area (TPSA) is 61.4 Å². The number of carbonyl (C=O) groups is 1. The van der Waals surface area contributed by atoms with Crippen molar-refractivity contribution >= 4 is 33.3 Å². The molecule has 0 saturated heterocycles. The van der Waals surface area contributed by atoms with E-state index in [0.717, 1.165) is 0 Å². The molecule has 4 nitrogen and oxygen atoms in total. The molecule has 1 atom stereocenters. The lowest BCUT2D eigenvalue weighted by Crippen LogP contribution is -2.20. The standard InChI is InChI=1S/C15H14BrFN2O2/c1-9(20)10-4-2-5-11(8-10)18-15(21)19-14-12(16)6-3-7-13(14)17/h2-9,20H,1H3,(H2,18,19,21). The summed E-state index contributed by atoms with van der Waals surface area (Å²) in [6, 6.07) is 10.7. The minimum absolute atomic E-state index is 0.0710. The van der Waals surface area contributed by atoms with Crippen LogP contribution in [0.4, 0.5) is 20.6 Å². The van der Waals surface area contributed by atoms with E-state index in [4.69, 9.17) is 0 Å². The molecule has 0 aromatic heterocycles. The third-order valence-corrected chi connectivity index (χ3v) is 3.49. The Morgan fingerprint density at radius 1 is 1.24 bits per heavy atom. The van der Waals surface area contributed by atoms with Gasteiger partial charge in [0.25, 0.3) is 0 Å². The highest BCUT2D eigenvalue weighted by atomic mass is 79.9. The first-order chi connectivity index (χ1) is 9.97. The lowest BCUT2D eigenvalue weighted by atomic mass is 10.1. The zero-order valence-corrected chi connectivity index (χ0v) is 12.8. The van der Waals surface area contributed by atoms with Crippen LogP contribution >= 0.6 is 15.9 Å². The Morgan fingerprint density at radius 2 is 1.95 bits per heavy atom. The molecule has 0 fully saturated rings. The van der Waals surface area contributed by atoms with Gasteiger partial charge in [-0.15, -0.1) is 0 Å². The van der Waals surface area contributed by atoms with Gasteiger partial charge in [0.05, 0.1) is 11.8 Å². The van der Waals surface area contributed by atoms with E-state index in [0.29, 0.717) is 15.7 Å².